The lowest BCUT2D eigenvalue weighted by molar-refractivity contribution is 0.0696. The molecule has 0 atom stereocenters. The van der Waals surface area contributed by atoms with E-state index in [2.05, 4.69) is 10.2 Å². The average molecular weight is 480 g/mol. The van der Waals surface area contributed by atoms with Gasteiger partial charge in [-0.3, -0.25) is 4.57 Å². The van der Waals surface area contributed by atoms with Gasteiger partial charge in [-0.25, -0.2) is 13.2 Å². The van der Waals surface area contributed by atoms with Crippen molar-refractivity contribution >= 4 is 27.6 Å². The molecule has 4 rings (SSSR count). The Morgan fingerprint density at radius 1 is 0.939 bits per heavy atom. The van der Waals surface area contributed by atoms with E-state index in [1.54, 1.807) is 53.1 Å². The first-order chi connectivity index (χ1) is 15.8. The van der Waals surface area contributed by atoms with Crippen LogP contribution in [0.5, 0.6) is 0 Å². The third kappa shape index (κ3) is 5.15. The molecular weight excluding hydrogens is 458 g/mol. The summed E-state index contributed by atoms with van der Waals surface area (Å²) in [6.07, 6.45) is 0. The average Bonchev–Trinajstić information content (AvgIpc) is 3.20. The van der Waals surface area contributed by atoms with Gasteiger partial charge in [0.25, 0.3) is 0 Å². The number of rotatable bonds is 8. The molecule has 0 amide bonds. The highest BCUT2D eigenvalue weighted by Gasteiger charge is 2.23. The fourth-order valence-electron chi connectivity index (χ4n) is 3.32. The SMILES string of the molecule is Cc1ccc(S(=O)(=O)Cc2nnc(SCc3ccccc3C(=O)O)n2-c2ccccc2)cc1. The second-order valence-electron chi connectivity index (χ2n) is 7.39. The summed E-state index contributed by atoms with van der Waals surface area (Å²) in [5.74, 6) is -0.682. The molecule has 9 heteroatoms. The Morgan fingerprint density at radius 2 is 1.61 bits per heavy atom. The van der Waals surface area contributed by atoms with Crippen molar-refractivity contribution in [3.05, 3.63) is 101 Å². The molecule has 0 aliphatic carbocycles. The highest BCUT2D eigenvalue weighted by atomic mass is 32.2. The van der Waals surface area contributed by atoms with E-state index in [1.807, 2.05) is 37.3 Å². The van der Waals surface area contributed by atoms with Gasteiger partial charge in [0.1, 0.15) is 5.75 Å². The summed E-state index contributed by atoms with van der Waals surface area (Å²) in [4.78, 5) is 11.8. The van der Waals surface area contributed by atoms with Crippen molar-refractivity contribution in [1.82, 2.24) is 14.8 Å². The Morgan fingerprint density at radius 3 is 2.30 bits per heavy atom. The Balaban J connectivity index is 1.68. The smallest absolute Gasteiger partial charge is 0.335 e. The number of carboxylic acids is 1. The van der Waals surface area contributed by atoms with Crippen molar-refractivity contribution in [1.29, 1.82) is 0 Å². The standard InChI is InChI=1S/C24H21N3O4S2/c1-17-11-13-20(14-12-17)33(30,31)16-22-25-26-24(27(22)19-8-3-2-4-9-19)32-15-18-7-5-6-10-21(18)23(28)29/h2-14H,15-16H2,1H3,(H,28,29). The lowest BCUT2D eigenvalue weighted by atomic mass is 10.1. The van der Waals surface area contributed by atoms with Gasteiger partial charge in [0.15, 0.2) is 20.8 Å². The zero-order valence-electron chi connectivity index (χ0n) is 17.7. The zero-order chi connectivity index (χ0) is 23.4. The number of para-hydroxylation sites is 1. The van der Waals surface area contributed by atoms with Gasteiger partial charge >= 0.3 is 5.97 Å². The molecule has 0 unspecified atom stereocenters. The quantitative estimate of drug-likeness (QED) is 0.370. The van der Waals surface area contributed by atoms with Gasteiger partial charge in [-0.2, -0.15) is 0 Å². The maximum Gasteiger partial charge on any atom is 0.335 e. The molecular formula is C24H21N3O4S2. The number of carboxylic acid groups (broad SMARTS) is 1. The Hall–Kier alpha value is -3.43. The van der Waals surface area contributed by atoms with Gasteiger partial charge in [-0.1, -0.05) is 65.9 Å². The van der Waals surface area contributed by atoms with E-state index >= 15 is 0 Å². The van der Waals surface area contributed by atoms with Crippen LogP contribution in [0, 0.1) is 6.92 Å². The van der Waals surface area contributed by atoms with Gasteiger partial charge in [0.05, 0.1) is 10.5 Å². The number of hydrogen-bond acceptors (Lipinski definition) is 6. The van der Waals surface area contributed by atoms with Gasteiger partial charge in [-0.15, -0.1) is 10.2 Å². The number of aromatic carboxylic acids is 1. The van der Waals surface area contributed by atoms with E-state index in [0.717, 1.165) is 11.3 Å². The van der Waals surface area contributed by atoms with E-state index in [4.69, 9.17) is 0 Å². The van der Waals surface area contributed by atoms with Gasteiger partial charge in [0.2, 0.25) is 0 Å². The first-order valence-electron chi connectivity index (χ1n) is 10.1. The summed E-state index contributed by atoms with van der Waals surface area (Å²) in [6, 6.07) is 22.7. The largest absolute Gasteiger partial charge is 0.478 e. The van der Waals surface area contributed by atoms with E-state index in [0.29, 0.717) is 16.5 Å². The van der Waals surface area contributed by atoms with Crippen molar-refractivity contribution in [3.8, 4) is 5.69 Å². The topological polar surface area (TPSA) is 102 Å². The van der Waals surface area contributed by atoms with Crippen LogP contribution in [0.1, 0.15) is 27.3 Å². The van der Waals surface area contributed by atoms with Crippen LogP contribution < -0.4 is 0 Å². The molecule has 1 N–H and O–H groups in total. The summed E-state index contributed by atoms with van der Waals surface area (Å²) in [5.41, 5.74) is 2.57. The molecule has 168 valence electrons. The van der Waals surface area contributed by atoms with E-state index < -0.39 is 15.8 Å². The Kier molecular flexibility index (Phi) is 6.62. The molecule has 0 fully saturated rings. The number of benzene rings is 3. The highest BCUT2D eigenvalue weighted by molar-refractivity contribution is 7.98. The second kappa shape index (κ2) is 9.60. The lowest BCUT2D eigenvalue weighted by Gasteiger charge is -2.11. The van der Waals surface area contributed by atoms with Crippen molar-refractivity contribution in [2.45, 2.75) is 28.5 Å². The molecule has 0 radical (unpaired) electrons. The summed E-state index contributed by atoms with van der Waals surface area (Å²) in [7, 11) is -3.64. The fourth-order valence-corrected chi connectivity index (χ4v) is 5.54. The van der Waals surface area contributed by atoms with Crippen LogP contribution in [-0.4, -0.2) is 34.3 Å². The normalized spacial score (nSPS) is 11.4. The minimum atomic E-state index is -3.64. The molecule has 0 saturated carbocycles. The van der Waals surface area contributed by atoms with Crippen LogP contribution in [0.25, 0.3) is 5.69 Å². The number of thioether (sulfide) groups is 1. The number of hydrogen-bond donors (Lipinski definition) is 1. The summed E-state index contributed by atoms with van der Waals surface area (Å²) in [5, 5.41) is 18.4. The van der Waals surface area contributed by atoms with Gasteiger partial charge < -0.3 is 5.11 Å². The van der Waals surface area contributed by atoms with Crippen LogP contribution in [0.4, 0.5) is 0 Å². The van der Waals surface area contributed by atoms with Crippen molar-refractivity contribution in [2.24, 2.45) is 0 Å². The molecule has 0 saturated heterocycles. The van der Waals surface area contributed by atoms with Crippen molar-refractivity contribution < 1.29 is 18.3 Å². The minimum Gasteiger partial charge on any atom is -0.478 e. The van der Waals surface area contributed by atoms with Crippen molar-refractivity contribution in [2.75, 3.05) is 0 Å². The van der Waals surface area contributed by atoms with Crippen molar-refractivity contribution in [3.63, 3.8) is 0 Å². The Labute approximate surface area is 196 Å². The molecule has 0 bridgehead atoms. The van der Waals surface area contributed by atoms with E-state index in [9.17, 15) is 18.3 Å². The summed E-state index contributed by atoms with van der Waals surface area (Å²) in [6.45, 7) is 1.90. The molecule has 0 aliphatic heterocycles. The van der Waals surface area contributed by atoms with Gasteiger partial charge in [0, 0.05) is 11.4 Å². The molecule has 1 heterocycles. The molecule has 1 aromatic heterocycles. The predicted octanol–water partition coefficient (Wildman–Crippen LogP) is 4.54. The molecule has 3 aromatic carbocycles. The highest BCUT2D eigenvalue weighted by Crippen LogP contribution is 2.28. The molecule has 4 aromatic rings. The number of aryl methyl sites for hydroxylation is 1. The maximum atomic E-state index is 13.1. The fraction of sp³-hybridized carbons (Fsp3) is 0.125. The lowest BCUT2D eigenvalue weighted by Crippen LogP contribution is -2.11. The van der Waals surface area contributed by atoms with Crippen LogP contribution in [0.2, 0.25) is 0 Å². The molecule has 33 heavy (non-hydrogen) atoms. The number of carbonyl (C=O) groups is 1. The van der Waals surface area contributed by atoms with E-state index in [-0.39, 0.29) is 22.0 Å². The van der Waals surface area contributed by atoms with E-state index in [1.165, 1.54) is 11.8 Å². The second-order valence-corrected chi connectivity index (χ2v) is 10.3. The monoisotopic (exact) mass is 479 g/mol. The number of nitrogens with zero attached hydrogens (tertiary/aromatic N) is 3. The first kappa shape index (κ1) is 22.8. The first-order valence-corrected chi connectivity index (χ1v) is 12.7. The maximum absolute atomic E-state index is 13.1. The molecule has 7 nitrogen and oxygen atoms in total. The Bertz CT molecular complexity index is 1380. The zero-order valence-corrected chi connectivity index (χ0v) is 19.4. The molecule has 0 spiro atoms. The van der Waals surface area contributed by atoms with Crippen LogP contribution >= 0.6 is 11.8 Å². The minimum absolute atomic E-state index is 0.220. The molecule has 0 aliphatic rings. The van der Waals surface area contributed by atoms with Crippen LogP contribution in [0.15, 0.2) is 88.9 Å². The number of aromatic nitrogens is 3. The van der Waals surface area contributed by atoms with Crippen LogP contribution in [0.3, 0.4) is 0 Å². The number of sulfone groups is 1. The third-order valence-corrected chi connectivity index (χ3v) is 7.62. The summed E-state index contributed by atoms with van der Waals surface area (Å²) >= 11 is 1.30. The summed E-state index contributed by atoms with van der Waals surface area (Å²) < 4.78 is 27.8. The van der Waals surface area contributed by atoms with Gasteiger partial charge in [-0.05, 0) is 42.8 Å². The van der Waals surface area contributed by atoms with Crippen LogP contribution in [-0.2, 0) is 21.3 Å². The third-order valence-electron chi connectivity index (χ3n) is 5.02. The predicted molar refractivity (Wildman–Crippen MR) is 126 cm³/mol.